The van der Waals surface area contributed by atoms with Crippen LogP contribution in [0.3, 0.4) is 0 Å². The van der Waals surface area contributed by atoms with Crippen molar-refractivity contribution in [3.63, 3.8) is 0 Å². The van der Waals surface area contributed by atoms with Crippen LogP contribution in [0.4, 0.5) is 0 Å². The van der Waals surface area contributed by atoms with Crippen molar-refractivity contribution >= 4 is 43.4 Å². The van der Waals surface area contributed by atoms with E-state index in [0.717, 1.165) is 15.4 Å². The average molecular weight is 266 g/mol. The van der Waals surface area contributed by atoms with Crippen LogP contribution >= 0.6 is 37.6 Å². The molecule has 0 aliphatic carbocycles. The molecule has 0 saturated carbocycles. The third-order valence-electron chi connectivity index (χ3n) is 1.36. The monoisotopic (exact) mass is 264 g/mol. The third kappa shape index (κ3) is 2.51. The molecule has 0 amide bonds. The number of hydrogen-bond donors (Lipinski definition) is 0. The quantitative estimate of drug-likeness (QED) is 0.778. The molecule has 0 unspecified atom stereocenters. The van der Waals surface area contributed by atoms with Crippen LogP contribution in [-0.2, 0) is 0 Å². The van der Waals surface area contributed by atoms with Crippen LogP contribution in [0.25, 0.3) is 0 Å². The minimum Gasteiger partial charge on any atom is -0.293 e. The van der Waals surface area contributed by atoms with Crippen LogP contribution in [0, 0.1) is 0 Å². The highest BCUT2D eigenvalue weighted by atomic mass is 79.9. The summed E-state index contributed by atoms with van der Waals surface area (Å²) >= 11 is 3.29. The van der Waals surface area contributed by atoms with Crippen molar-refractivity contribution in [2.24, 2.45) is 0 Å². The SMILES string of the molecule is O=C(CSCl)c1ccccc1Br. The second kappa shape index (κ2) is 4.90. The highest BCUT2D eigenvalue weighted by Crippen LogP contribution is 2.18. The molecule has 1 rings (SSSR count). The van der Waals surface area contributed by atoms with Gasteiger partial charge in [0.25, 0.3) is 0 Å². The lowest BCUT2D eigenvalue weighted by Crippen LogP contribution is -2.01. The summed E-state index contributed by atoms with van der Waals surface area (Å²) in [4.78, 5) is 11.3. The number of Topliss-reactive ketones (excluding diaryl/α,β-unsaturated/α-hetero) is 1. The van der Waals surface area contributed by atoms with E-state index in [1.807, 2.05) is 18.2 Å². The summed E-state index contributed by atoms with van der Waals surface area (Å²) in [7, 11) is 6.39. The fourth-order valence-corrected chi connectivity index (χ4v) is 1.87. The van der Waals surface area contributed by atoms with E-state index in [9.17, 15) is 4.79 Å². The van der Waals surface area contributed by atoms with Crippen LogP contribution in [0.2, 0.25) is 0 Å². The second-order valence-electron chi connectivity index (χ2n) is 2.16. The predicted molar refractivity (Wildman–Crippen MR) is 56.8 cm³/mol. The molecule has 1 nitrogen and oxygen atoms in total. The van der Waals surface area contributed by atoms with Gasteiger partial charge in [-0.05, 0) is 27.7 Å². The van der Waals surface area contributed by atoms with Crippen molar-refractivity contribution in [3.8, 4) is 0 Å². The zero-order chi connectivity index (χ0) is 8.97. The first-order valence-electron chi connectivity index (χ1n) is 3.27. The molecule has 1 aromatic carbocycles. The Balaban J connectivity index is 2.87. The number of halogens is 2. The first-order chi connectivity index (χ1) is 5.75. The summed E-state index contributed by atoms with van der Waals surface area (Å²) < 4.78 is 0.820. The molecule has 1 aromatic rings. The Morgan fingerprint density at radius 2 is 2.17 bits per heavy atom. The third-order valence-corrected chi connectivity index (χ3v) is 2.75. The summed E-state index contributed by atoms with van der Waals surface area (Å²) in [5, 5.41) is 0. The zero-order valence-electron chi connectivity index (χ0n) is 6.09. The Morgan fingerprint density at radius 3 is 2.75 bits per heavy atom. The fourth-order valence-electron chi connectivity index (χ4n) is 0.815. The largest absolute Gasteiger partial charge is 0.293 e. The van der Waals surface area contributed by atoms with Gasteiger partial charge >= 0.3 is 0 Å². The molecule has 0 aromatic heterocycles. The van der Waals surface area contributed by atoms with Gasteiger partial charge in [-0.15, -0.1) is 0 Å². The number of ketones is 1. The molecule has 0 saturated heterocycles. The van der Waals surface area contributed by atoms with Gasteiger partial charge < -0.3 is 0 Å². The Kier molecular flexibility index (Phi) is 4.12. The van der Waals surface area contributed by atoms with Crippen LogP contribution in [0.1, 0.15) is 10.4 Å². The molecule has 12 heavy (non-hydrogen) atoms. The van der Waals surface area contributed by atoms with Gasteiger partial charge in [0.1, 0.15) is 0 Å². The van der Waals surface area contributed by atoms with E-state index in [1.54, 1.807) is 6.07 Å². The number of benzene rings is 1. The van der Waals surface area contributed by atoms with Gasteiger partial charge in [-0.2, -0.15) is 0 Å². The first kappa shape index (κ1) is 10.1. The van der Waals surface area contributed by atoms with Crippen molar-refractivity contribution in [3.05, 3.63) is 34.3 Å². The molecule has 0 atom stereocenters. The number of hydrogen-bond acceptors (Lipinski definition) is 2. The molecule has 0 aliphatic heterocycles. The number of carbonyl (C=O) groups excluding carboxylic acids is 1. The van der Waals surface area contributed by atoms with Crippen molar-refractivity contribution in [2.45, 2.75) is 0 Å². The van der Waals surface area contributed by atoms with E-state index < -0.39 is 0 Å². The van der Waals surface area contributed by atoms with Gasteiger partial charge in [-0.3, -0.25) is 4.79 Å². The standard InChI is InChI=1S/C8H6BrClOS/c9-7-4-2-1-3-6(7)8(11)5-12-10/h1-4H,5H2. The summed E-state index contributed by atoms with van der Waals surface area (Å²) in [6.07, 6.45) is 0. The first-order valence-corrected chi connectivity index (χ1v) is 5.87. The van der Waals surface area contributed by atoms with E-state index in [4.69, 9.17) is 10.7 Å². The molecule has 0 radical (unpaired) electrons. The lowest BCUT2D eigenvalue weighted by molar-refractivity contribution is 0.102. The number of rotatable bonds is 3. The van der Waals surface area contributed by atoms with Crippen molar-refractivity contribution in [1.82, 2.24) is 0 Å². The molecule has 0 bridgehead atoms. The number of carbonyl (C=O) groups is 1. The molecule has 64 valence electrons. The summed E-state index contributed by atoms with van der Waals surface area (Å²) in [6.45, 7) is 0. The van der Waals surface area contributed by atoms with Crippen molar-refractivity contribution < 1.29 is 4.79 Å². The van der Waals surface area contributed by atoms with Crippen molar-refractivity contribution in [1.29, 1.82) is 0 Å². The topological polar surface area (TPSA) is 17.1 Å². The molecule has 0 N–H and O–H groups in total. The summed E-state index contributed by atoms with van der Waals surface area (Å²) in [5.74, 6) is 0.354. The van der Waals surface area contributed by atoms with E-state index in [-0.39, 0.29) is 5.78 Å². The van der Waals surface area contributed by atoms with Gasteiger partial charge in [0.05, 0.1) is 5.75 Å². The molecule has 0 aliphatic rings. The van der Waals surface area contributed by atoms with Crippen LogP contribution in [0.15, 0.2) is 28.7 Å². The minimum atomic E-state index is 0.0440. The highest BCUT2D eigenvalue weighted by Gasteiger charge is 2.07. The van der Waals surface area contributed by atoms with E-state index >= 15 is 0 Å². The fraction of sp³-hybridized carbons (Fsp3) is 0.125. The predicted octanol–water partition coefficient (Wildman–Crippen LogP) is 3.52. The molecule has 0 spiro atoms. The van der Waals surface area contributed by atoms with E-state index in [2.05, 4.69) is 15.9 Å². The average Bonchev–Trinajstić information content (AvgIpc) is 2.05. The van der Waals surface area contributed by atoms with E-state index in [0.29, 0.717) is 11.3 Å². The molecule has 4 heteroatoms. The maximum Gasteiger partial charge on any atom is 0.175 e. The molecule has 0 heterocycles. The van der Waals surface area contributed by atoms with Gasteiger partial charge in [-0.1, -0.05) is 34.1 Å². The van der Waals surface area contributed by atoms with Crippen LogP contribution in [0.5, 0.6) is 0 Å². The van der Waals surface area contributed by atoms with E-state index in [1.165, 1.54) is 0 Å². The Labute approximate surface area is 88.1 Å². The molecule has 0 fully saturated rings. The van der Waals surface area contributed by atoms with Gasteiger partial charge in [0.2, 0.25) is 0 Å². The Morgan fingerprint density at radius 1 is 1.50 bits per heavy atom. The normalized spacial score (nSPS) is 9.83. The van der Waals surface area contributed by atoms with Crippen molar-refractivity contribution in [2.75, 3.05) is 5.75 Å². The Bertz CT molecular complexity index is 290. The lowest BCUT2D eigenvalue weighted by Gasteiger charge is -1.99. The maximum absolute atomic E-state index is 11.3. The lowest BCUT2D eigenvalue weighted by atomic mass is 10.1. The second-order valence-corrected chi connectivity index (χ2v) is 4.17. The van der Waals surface area contributed by atoms with Gasteiger partial charge in [0.15, 0.2) is 5.78 Å². The smallest absolute Gasteiger partial charge is 0.175 e. The maximum atomic E-state index is 11.3. The van der Waals surface area contributed by atoms with Crippen LogP contribution < -0.4 is 0 Å². The summed E-state index contributed by atoms with van der Waals surface area (Å²) in [5.41, 5.74) is 0.686. The Hall–Kier alpha value is 0.01000. The van der Waals surface area contributed by atoms with Crippen LogP contribution in [-0.4, -0.2) is 11.5 Å². The highest BCUT2D eigenvalue weighted by molar-refractivity contribution is 9.10. The minimum absolute atomic E-state index is 0.0440. The molecular weight excluding hydrogens is 260 g/mol. The van der Waals surface area contributed by atoms with Gasteiger partial charge in [0, 0.05) is 10.0 Å². The summed E-state index contributed by atoms with van der Waals surface area (Å²) in [6, 6.07) is 7.32. The molecular formula is C8H6BrClOS. The van der Waals surface area contributed by atoms with Gasteiger partial charge in [-0.25, -0.2) is 0 Å². The zero-order valence-corrected chi connectivity index (χ0v) is 9.25.